The molecule has 1 saturated heterocycles. The maximum atomic E-state index is 12.7. The van der Waals surface area contributed by atoms with E-state index in [2.05, 4.69) is 0 Å². The van der Waals surface area contributed by atoms with Crippen LogP contribution in [0.15, 0.2) is 36.4 Å². The molecule has 2 aromatic carbocycles. The van der Waals surface area contributed by atoms with E-state index in [1.165, 1.54) is 0 Å². The summed E-state index contributed by atoms with van der Waals surface area (Å²) >= 11 is 0. The van der Waals surface area contributed by atoms with Crippen LogP contribution in [0.5, 0.6) is 17.2 Å². The molecule has 1 unspecified atom stereocenters. The zero-order valence-electron chi connectivity index (χ0n) is 17.9. The van der Waals surface area contributed by atoms with Gasteiger partial charge in [-0.3, -0.25) is 9.59 Å². The molecule has 2 heterocycles. The molecule has 4 rings (SSSR count). The van der Waals surface area contributed by atoms with Gasteiger partial charge in [-0.2, -0.15) is 0 Å². The summed E-state index contributed by atoms with van der Waals surface area (Å²) < 4.78 is 22.4. The van der Waals surface area contributed by atoms with Crippen LogP contribution < -0.4 is 14.2 Å². The quantitative estimate of drug-likeness (QED) is 0.635. The van der Waals surface area contributed by atoms with Gasteiger partial charge in [-0.15, -0.1) is 0 Å². The van der Waals surface area contributed by atoms with Gasteiger partial charge >= 0.3 is 0 Å². The van der Waals surface area contributed by atoms with E-state index in [-0.39, 0.29) is 24.6 Å². The van der Waals surface area contributed by atoms with E-state index in [9.17, 15) is 9.59 Å². The van der Waals surface area contributed by atoms with E-state index < -0.39 is 0 Å². The minimum Gasteiger partial charge on any atom is -0.491 e. The highest BCUT2D eigenvalue weighted by Gasteiger charge is 2.25. The molecule has 1 atom stereocenters. The van der Waals surface area contributed by atoms with Crippen LogP contribution in [-0.2, 0) is 16.0 Å². The first-order valence-corrected chi connectivity index (χ1v) is 10.5. The molecule has 1 fully saturated rings. The SMILES string of the molecule is CC(=O)c1ccc(OCC2CN(C(=O)CCc3ccc4c(c3)OCO4)CCO2)cc1C. The largest absolute Gasteiger partial charge is 0.491 e. The maximum Gasteiger partial charge on any atom is 0.231 e. The molecule has 0 spiro atoms. The van der Waals surface area contributed by atoms with Gasteiger partial charge in [0.25, 0.3) is 0 Å². The lowest BCUT2D eigenvalue weighted by Crippen LogP contribution is -2.47. The van der Waals surface area contributed by atoms with Crippen molar-refractivity contribution in [2.24, 2.45) is 0 Å². The number of nitrogens with zero attached hydrogens (tertiary/aromatic N) is 1. The lowest BCUT2D eigenvalue weighted by atomic mass is 10.1. The number of morpholine rings is 1. The average molecular weight is 425 g/mol. The number of amides is 1. The first-order chi connectivity index (χ1) is 15.0. The molecular weight excluding hydrogens is 398 g/mol. The number of carbonyl (C=O) groups is 2. The molecule has 2 aromatic rings. The molecule has 7 nitrogen and oxygen atoms in total. The molecular formula is C24H27NO6. The average Bonchev–Trinajstić information content (AvgIpc) is 3.24. The van der Waals surface area contributed by atoms with Gasteiger partial charge in [0.1, 0.15) is 18.5 Å². The summed E-state index contributed by atoms with van der Waals surface area (Å²) in [6.45, 7) is 5.62. The predicted molar refractivity (Wildman–Crippen MR) is 114 cm³/mol. The van der Waals surface area contributed by atoms with Crippen LogP contribution in [0.2, 0.25) is 0 Å². The minimum absolute atomic E-state index is 0.0366. The summed E-state index contributed by atoms with van der Waals surface area (Å²) in [7, 11) is 0. The van der Waals surface area contributed by atoms with Crippen LogP contribution in [0.1, 0.15) is 34.8 Å². The summed E-state index contributed by atoms with van der Waals surface area (Å²) in [5, 5.41) is 0. The van der Waals surface area contributed by atoms with E-state index in [1.54, 1.807) is 19.1 Å². The predicted octanol–water partition coefficient (Wildman–Crippen LogP) is 3.17. The Morgan fingerprint density at radius 3 is 2.77 bits per heavy atom. The Balaban J connectivity index is 1.26. The van der Waals surface area contributed by atoms with Crippen LogP contribution in [0.3, 0.4) is 0 Å². The second-order valence-electron chi connectivity index (χ2n) is 7.86. The first-order valence-electron chi connectivity index (χ1n) is 10.5. The van der Waals surface area contributed by atoms with E-state index in [0.29, 0.717) is 50.5 Å². The molecule has 1 amide bonds. The zero-order valence-corrected chi connectivity index (χ0v) is 17.9. The highest BCUT2D eigenvalue weighted by Crippen LogP contribution is 2.32. The third-order valence-corrected chi connectivity index (χ3v) is 5.57. The van der Waals surface area contributed by atoms with Crippen LogP contribution in [0.25, 0.3) is 0 Å². The highest BCUT2D eigenvalue weighted by molar-refractivity contribution is 5.95. The number of fused-ring (bicyclic) bond motifs is 1. The van der Waals surface area contributed by atoms with E-state index in [0.717, 1.165) is 22.6 Å². The summed E-state index contributed by atoms with van der Waals surface area (Å²) in [4.78, 5) is 26.1. The van der Waals surface area contributed by atoms with E-state index >= 15 is 0 Å². The van der Waals surface area contributed by atoms with Crippen molar-refractivity contribution in [2.45, 2.75) is 32.8 Å². The number of Topliss-reactive ketones (excluding diaryl/α,β-unsaturated/α-hetero) is 1. The van der Waals surface area contributed by atoms with Gasteiger partial charge in [0.05, 0.1) is 13.2 Å². The summed E-state index contributed by atoms with van der Waals surface area (Å²) in [6, 6.07) is 11.2. The molecule has 0 aromatic heterocycles. The Kier molecular flexibility index (Phi) is 6.42. The number of benzene rings is 2. The van der Waals surface area contributed by atoms with Gasteiger partial charge in [-0.1, -0.05) is 6.07 Å². The van der Waals surface area contributed by atoms with Gasteiger partial charge in [0, 0.05) is 18.5 Å². The number of hydrogen-bond donors (Lipinski definition) is 0. The van der Waals surface area contributed by atoms with Gasteiger partial charge in [-0.25, -0.2) is 0 Å². The fourth-order valence-corrected chi connectivity index (χ4v) is 3.86. The zero-order chi connectivity index (χ0) is 21.8. The maximum absolute atomic E-state index is 12.7. The Labute approximate surface area is 181 Å². The number of carbonyl (C=O) groups excluding carboxylic acids is 2. The lowest BCUT2D eigenvalue weighted by Gasteiger charge is -2.33. The van der Waals surface area contributed by atoms with Crippen LogP contribution >= 0.6 is 0 Å². The number of rotatable bonds is 7. The Morgan fingerprint density at radius 2 is 1.97 bits per heavy atom. The van der Waals surface area contributed by atoms with Gasteiger partial charge < -0.3 is 23.8 Å². The van der Waals surface area contributed by atoms with Crippen molar-refractivity contribution in [1.82, 2.24) is 4.90 Å². The fraction of sp³-hybridized carbons (Fsp3) is 0.417. The van der Waals surface area contributed by atoms with Crippen molar-refractivity contribution in [2.75, 3.05) is 33.1 Å². The molecule has 7 heteroatoms. The molecule has 0 radical (unpaired) electrons. The summed E-state index contributed by atoms with van der Waals surface area (Å²) in [5.41, 5.74) is 2.63. The lowest BCUT2D eigenvalue weighted by molar-refractivity contribution is -0.139. The van der Waals surface area contributed by atoms with Crippen LogP contribution in [-0.4, -0.2) is 55.8 Å². The third kappa shape index (κ3) is 5.17. The van der Waals surface area contributed by atoms with Crippen LogP contribution in [0.4, 0.5) is 0 Å². The first kappa shape index (κ1) is 21.2. The summed E-state index contributed by atoms with van der Waals surface area (Å²) in [6.07, 6.45) is 0.894. The topological polar surface area (TPSA) is 74.3 Å². The molecule has 164 valence electrons. The minimum atomic E-state index is -0.184. The van der Waals surface area contributed by atoms with Crippen molar-refractivity contribution >= 4 is 11.7 Å². The van der Waals surface area contributed by atoms with Crippen molar-refractivity contribution in [1.29, 1.82) is 0 Å². The molecule has 0 N–H and O–H groups in total. The monoisotopic (exact) mass is 425 g/mol. The summed E-state index contributed by atoms with van der Waals surface area (Å²) in [5.74, 6) is 2.32. The van der Waals surface area contributed by atoms with Gasteiger partial charge in [-0.05, 0) is 61.7 Å². The second kappa shape index (κ2) is 9.39. The Morgan fingerprint density at radius 1 is 1.13 bits per heavy atom. The fourth-order valence-electron chi connectivity index (χ4n) is 3.86. The molecule has 2 aliphatic rings. The number of ether oxygens (including phenoxy) is 4. The van der Waals surface area contributed by atoms with Crippen molar-refractivity contribution in [3.8, 4) is 17.2 Å². The van der Waals surface area contributed by atoms with Gasteiger partial charge in [0.15, 0.2) is 17.3 Å². The molecule has 0 saturated carbocycles. The molecule has 0 aliphatic carbocycles. The van der Waals surface area contributed by atoms with E-state index in [4.69, 9.17) is 18.9 Å². The Hall–Kier alpha value is -3.06. The highest BCUT2D eigenvalue weighted by atomic mass is 16.7. The van der Waals surface area contributed by atoms with Gasteiger partial charge in [0.2, 0.25) is 12.7 Å². The molecule has 2 aliphatic heterocycles. The standard InChI is InChI=1S/C24H27NO6/c1-16-11-19(5-6-21(16)17(2)26)29-14-20-13-25(9-10-28-20)24(27)8-4-18-3-7-22-23(12-18)31-15-30-22/h3,5-7,11-12,20H,4,8-10,13-15H2,1-2H3. The van der Waals surface area contributed by atoms with Crippen LogP contribution in [0, 0.1) is 6.92 Å². The number of ketones is 1. The smallest absolute Gasteiger partial charge is 0.231 e. The Bertz CT molecular complexity index is 973. The normalized spacial score (nSPS) is 17.5. The van der Waals surface area contributed by atoms with Crippen molar-refractivity contribution < 1.29 is 28.5 Å². The van der Waals surface area contributed by atoms with Crippen molar-refractivity contribution in [3.63, 3.8) is 0 Å². The van der Waals surface area contributed by atoms with E-state index in [1.807, 2.05) is 36.1 Å². The molecule has 31 heavy (non-hydrogen) atoms. The molecule has 0 bridgehead atoms. The second-order valence-corrected chi connectivity index (χ2v) is 7.86. The third-order valence-electron chi connectivity index (χ3n) is 5.57. The number of hydrogen-bond acceptors (Lipinski definition) is 6. The number of aryl methyl sites for hydroxylation is 2. The van der Waals surface area contributed by atoms with Crippen molar-refractivity contribution in [3.05, 3.63) is 53.1 Å².